The van der Waals surface area contributed by atoms with Crippen molar-refractivity contribution in [1.29, 1.82) is 0 Å². The summed E-state index contributed by atoms with van der Waals surface area (Å²) in [6, 6.07) is 5.94. The van der Waals surface area contributed by atoms with Crippen LogP contribution in [0.25, 0.3) is 0 Å². The zero-order valence-corrected chi connectivity index (χ0v) is 11.1. The lowest BCUT2D eigenvalue weighted by atomic mass is 10.1. The normalized spacial score (nSPS) is 11.5. The van der Waals surface area contributed by atoms with Crippen molar-refractivity contribution in [3.05, 3.63) is 28.2 Å². The topological polar surface area (TPSA) is 35.2 Å². The summed E-state index contributed by atoms with van der Waals surface area (Å²) in [6.45, 7) is 6.77. The highest BCUT2D eigenvalue weighted by atomic mass is 79.9. The first-order valence-electron chi connectivity index (χ1n) is 5.16. The van der Waals surface area contributed by atoms with Crippen LogP contribution in [0, 0.1) is 0 Å². The zero-order chi connectivity index (χ0) is 11.5. The van der Waals surface area contributed by atoms with Crippen LogP contribution >= 0.6 is 15.9 Å². The molecule has 1 rings (SSSR count). The van der Waals surface area contributed by atoms with E-state index in [9.17, 15) is 0 Å². The minimum atomic E-state index is -0.148. The second-order valence-electron chi connectivity index (χ2n) is 4.17. The SMILES string of the molecule is CCC(C)(C)Oc1cc(Br)ccc1CN. The summed E-state index contributed by atoms with van der Waals surface area (Å²) in [5.41, 5.74) is 6.56. The Kier molecular flexibility index (Phi) is 4.17. The Labute approximate surface area is 99.9 Å². The molecule has 0 amide bonds. The van der Waals surface area contributed by atoms with Gasteiger partial charge in [-0.05, 0) is 32.4 Å². The van der Waals surface area contributed by atoms with E-state index in [1.807, 2.05) is 18.2 Å². The van der Waals surface area contributed by atoms with Crippen LogP contribution < -0.4 is 10.5 Å². The van der Waals surface area contributed by atoms with Crippen molar-refractivity contribution < 1.29 is 4.74 Å². The summed E-state index contributed by atoms with van der Waals surface area (Å²) in [5, 5.41) is 0. The molecule has 0 atom stereocenters. The molecule has 1 aromatic carbocycles. The molecule has 15 heavy (non-hydrogen) atoms. The molecular weight excluding hydrogens is 254 g/mol. The third kappa shape index (κ3) is 3.50. The molecule has 0 saturated carbocycles. The number of hydrogen-bond acceptors (Lipinski definition) is 2. The fourth-order valence-corrected chi connectivity index (χ4v) is 1.50. The maximum atomic E-state index is 5.94. The molecule has 0 spiro atoms. The van der Waals surface area contributed by atoms with E-state index in [4.69, 9.17) is 10.5 Å². The van der Waals surface area contributed by atoms with Crippen LogP contribution in [0.15, 0.2) is 22.7 Å². The molecule has 0 aliphatic carbocycles. The number of benzene rings is 1. The van der Waals surface area contributed by atoms with E-state index >= 15 is 0 Å². The monoisotopic (exact) mass is 271 g/mol. The standard InChI is InChI=1S/C12H18BrNO/c1-4-12(2,3)15-11-7-10(13)6-5-9(11)8-14/h5-7H,4,8,14H2,1-3H3. The second kappa shape index (κ2) is 4.99. The second-order valence-corrected chi connectivity index (χ2v) is 5.09. The van der Waals surface area contributed by atoms with Crippen LogP contribution in [0.1, 0.15) is 32.8 Å². The van der Waals surface area contributed by atoms with Crippen molar-refractivity contribution in [2.24, 2.45) is 5.73 Å². The van der Waals surface area contributed by atoms with E-state index in [0.29, 0.717) is 6.54 Å². The summed E-state index contributed by atoms with van der Waals surface area (Å²) < 4.78 is 6.96. The Hall–Kier alpha value is -0.540. The van der Waals surface area contributed by atoms with Gasteiger partial charge in [0, 0.05) is 16.6 Å². The molecule has 0 heterocycles. The summed E-state index contributed by atoms with van der Waals surface area (Å²) in [4.78, 5) is 0. The van der Waals surface area contributed by atoms with Crippen LogP contribution in [0.4, 0.5) is 0 Å². The number of nitrogens with two attached hydrogens (primary N) is 1. The highest BCUT2D eigenvalue weighted by Crippen LogP contribution is 2.28. The summed E-state index contributed by atoms with van der Waals surface area (Å²) >= 11 is 3.43. The Morgan fingerprint density at radius 1 is 1.40 bits per heavy atom. The van der Waals surface area contributed by atoms with Crippen molar-refractivity contribution in [3.63, 3.8) is 0 Å². The van der Waals surface area contributed by atoms with Crippen molar-refractivity contribution in [2.45, 2.75) is 39.3 Å². The molecule has 0 unspecified atom stereocenters. The molecule has 0 fully saturated rings. The molecule has 0 bridgehead atoms. The van der Waals surface area contributed by atoms with Gasteiger partial charge in [-0.3, -0.25) is 0 Å². The largest absolute Gasteiger partial charge is 0.488 e. The van der Waals surface area contributed by atoms with Crippen LogP contribution in [0.3, 0.4) is 0 Å². The van der Waals surface area contributed by atoms with Crippen LogP contribution in [0.5, 0.6) is 5.75 Å². The van der Waals surface area contributed by atoms with Gasteiger partial charge in [0.05, 0.1) is 0 Å². The van der Waals surface area contributed by atoms with Gasteiger partial charge in [-0.2, -0.15) is 0 Å². The molecule has 0 aromatic heterocycles. The minimum absolute atomic E-state index is 0.148. The average Bonchev–Trinajstić information content (AvgIpc) is 2.18. The van der Waals surface area contributed by atoms with Gasteiger partial charge in [0.15, 0.2) is 0 Å². The van der Waals surface area contributed by atoms with Gasteiger partial charge < -0.3 is 10.5 Å². The van der Waals surface area contributed by atoms with Gasteiger partial charge in [-0.15, -0.1) is 0 Å². The minimum Gasteiger partial charge on any atom is -0.488 e. The van der Waals surface area contributed by atoms with Gasteiger partial charge in [0.2, 0.25) is 0 Å². The summed E-state index contributed by atoms with van der Waals surface area (Å²) in [6.07, 6.45) is 0.962. The van der Waals surface area contributed by atoms with E-state index < -0.39 is 0 Å². The van der Waals surface area contributed by atoms with E-state index in [1.54, 1.807) is 0 Å². The summed E-state index contributed by atoms with van der Waals surface area (Å²) in [7, 11) is 0. The summed E-state index contributed by atoms with van der Waals surface area (Å²) in [5.74, 6) is 0.874. The maximum Gasteiger partial charge on any atom is 0.125 e. The molecule has 0 aliphatic heterocycles. The van der Waals surface area contributed by atoms with E-state index in [2.05, 4.69) is 36.7 Å². The van der Waals surface area contributed by atoms with Crippen LogP contribution in [0.2, 0.25) is 0 Å². The number of rotatable bonds is 4. The zero-order valence-electron chi connectivity index (χ0n) is 9.51. The van der Waals surface area contributed by atoms with Crippen LogP contribution in [-0.4, -0.2) is 5.60 Å². The Balaban J connectivity index is 2.97. The van der Waals surface area contributed by atoms with Crippen LogP contribution in [-0.2, 0) is 6.54 Å². The lowest BCUT2D eigenvalue weighted by Crippen LogP contribution is -2.27. The molecule has 0 saturated heterocycles. The molecule has 3 heteroatoms. The Bertz CT molecular complexity index is 336. The van der Waals surface area contributed by atoms with Gasteiger partial charge in [-0.25, -0.2) is 0 Å². The predicted molar refractivity (Wildman–Crippen MR) is 67.0 cm³/mol. The fraction of sp³-hybridized carbons (Fsp3) is 0.500. The quantitative estimate of drug-likeness (QED) is 0.910. The van der Waals surface area contributed by atoms with Gasteiger partial charge >= 0.3 is 0 Å². The number of halogens is 1. The third-order valence-corrected chi connectivity index (χ3v) is 2.98. The van der Waals surface area contributed by atoms with Gasteiger partial charge in [0.25, 0.3) is 0 Å². The first-order chi connectivity index (χ1) is 6.98. The number of hydrogen-bond donors (Lipinski definition) is 1. The highest BCUT2D eigenvalue weighted by Gasteiger charge is 2.18. The molecule has 2 N–H and O–H groups in total. The molecular formula is C12H18BrNO. The first-order valence-corrected chi connectivity index (χ1v) is 5.95. The molecule has 0 radical (unpaired) electrons. The molecule has 84 valence electrons. The van der Waals surface area contributed by atoms with E-state index in [0.717, 1.165) is 22.2 Å². The Morgan fingerprint density at radius 3 is 2.60 bits per heavy atom. The first kappa shape index (κ1) is 12.5. The predicted octanol–water partition coefficient (Wildman–Crippen LogP) is 3.48. The number of ether oxygens (including phenoxy) is 1. The van der Waals surface area contributed by atoms with Gasteiger partial charge in [0.1, 0.15) is 11.4 Å². The smallest absolute Gasteiger partial charge is 0.125 e. The van der Waals surface area contributed by atoms with Crippen molar-refractivity contribution in [1.82, 2.24) is 0 Å². The van der Waals surface area contributed by atoms with E-state index in [1.165, 1.54) is 0 Å². The average molecular weight is 272 g/mol. The lowest BCUT2D eigenvalue weighted by molar-refractivity contribution is 0.104. The van der Waals surface area contributed by atoms with Crippen molar-refractivity contribution in [2.75, 3.05) is 0 Å². The van der Waals surface area contributed by atoms with E-state index in [-0.39, 0.29) is 5.60 Å². The fourth-order valence-electron chi connectivity index (χ4n) is 1.16. The van der Waals surface area contributed by atoms with Crippen molar-refractivity contribution >= 4 is 15.9 Å². The molecule has 1 aromatic rings. The Morgan fingerprint density at radius 2 is 2.07 bits per heavy atom. The maximum absolute atomic E-state index is 5.94. The highest BCUT2D eigenvalue weighted by molar-refractivity contribution is 9.10. The lowest BCUT2D eigenvalue weighted by Gasteiger charge is -2.26. The van der Waals surface area contributed by atoms with Gasteiger partial charge in [-0.1, -0.05) is 28.9 Å². The van der Waals surface area contributed by atoms with Crippen molar-refractivity contribution in [3.8, 4) is 5.75 Å². The molecule has 0 aliphatic rings. The molecule has 2 nitrogen and oxygen atoms in total. The third-order valence-electron chi connectivity index (χ3n) is 2.49.